The van der Waals surface area contributed by atoms with E-state index in [1.807, 2.05) is 0 Å². The van der Waals surface area contributed by atoms with Gasteiger partial charge in [0.15, 0.2) is 5.82 Å². The van der Waals surface area contributed by atoms with Gasteiger partial charge in [0.2, 0.25) is 0 Å². The summed E-state index contributed by atoms with van der Waals surface area (Å²) in [6.45, 7) is 0.120. The average Bonchev–Trinajstić information content (AvgIpc) is 3.25. The number of amides is 2. The zero-order valence-corrected chi connectivity index (χ0v) is 12.7. The fourth-order valence-electron chi connectivity index (χ4n) is 2.78. The van der Waals surface area contributed by atoms with Crippen LogP contribution in [0.4, 0.5) is 0 Å². The topological polar surface area (TPSA) is 115 Å². The Hall–Kier alpha value is -3.16. The van der Waals surface area contributed by atoms with Crippen LogP contribution in [0.2, 0.25) is 0 Å². The van der Waals surface area contributed by atoms with Crippen LogP contribution in [0.25, 0.3) is 0 Å². The summed E-state index contributed by atoms with van der Waals surface area (Å²) in [4.78, 5) is 43.8. The highest BCUT2D eigenvalue weighted by Gasteiger charge is 2.41. The first-order valence-corrected chi connectivity index (χ1v) is 7.45. The van der Waals surface area contributed by atoms with Crippen LogP contribution < -0.4 is 5.32 Å². The maximum absolute atomic E-state index is 12.4. The smallest absolute Gasteiger partial charge is 0.326 e. The number of carbonyl (C=O) groups is 3. The predicted molar refractivity (Wildman–Crippen MR) is 83.4 cm³/mol. The number of aliphatic carboxylic acids is 1. The van der Waals surface area contributed by atoms with Crippen LogP contribution in [-0.2, 0) is 4.79 Å². The lowest BCUT2D eigenvalue weighted by molar-refractivity contribution is -0.141. The summed E-state index contributed by atoms with van der Waals surface area (Å²) in [7, 11) is 0. The molecule has 1 saturated heterocycles. The van der Waals surface area contributed by atoms with Crippen LogP contribution >= 0.6 is 0 Å². The Balaban J connectivity index is 1.72. The van der Waals surface area contributed by atoms with Crippen molar-refractivity contribution in [2.24, 2.45) is 0 Å². The van der Waals surface area contributed by atoms with Crippen molar-refractivity contribution in [2.45, 2.75) is 18.5 Å². The number of carbonyl (C=O) groups excluding carboxylic acids is 2. The van der Waals surface area contributed by atoms with E-state index in [1.165, 1.54) is 17.3 Å². The number of hydrogen-bond donors (Lipinski definition) is 3. The number of carboxylic acids is 1. The van der Waals surface area contributed by atoms with Crippen molar-refractivity contribution in [1.29, 1.82) is 0 Å². The molecule has 1 aliphatic rings. The van der Waals surface area contributed by atoms with E-state index in [0.717, 1.165) is 0 Å². The van der Waals surface area contributed by atoms with Crippen LogP contribution in [0.5, 0.6) is 0 Å². The highest BCUT2D eigenvalue weighted by molar-refractivity contribution is 5.96. The summed E-state index contributed by atoms with van der Waals surface area (Å²) in [5.41, 5.74) is 0.486. The normalized spacial score (nSPS) is 19.9. The Kier molecular flexibility index (Phi) is 4.28. The number of nitrogens with one attached hydrogen (secondary N) is 2. The summed E-state index contributed by atoms with van der Waals surface area (Å²) in [5, 5.41) is 12.1. The molecule has 0 bridgehead atoms. The first-order chi connectivity index (χ1) is 11.6. The fourth-order valence-corrected chi connectivity index (χ4v) is 2.78. The van der Waals surface area contributed by atoms with Gasteiger partial charge in [-0.15, -0.1) is 0 Å². The molecule has 24 heavy (non-hydrogen) atoms. The molecule has 0 saturated carbocycles. The Bertz CT molecular complexity index is 745. The van der Waals surface area contributed by atoms with Gasteiger partial charge < -0.3 is 20.3 Å². The molecule has 2 aromatic rings. The molecule has 2 atom stereocenters. The molecular formula is C16H16N4O4. The minimum atomic E-state index is -1.11. The van der Waals surface area contributed by atoms with E-state index in [1.54, 1.807) is 30.3 Å². The monoisotopic (exact) mass is 328 g/mol. The highest BCUT2D eigenvalue weighted by Crippen LogP contribution is 2.20. The van der Waals surface area contributed by atoms with Crippen molar-refractivity contribution < 1.29 is 19.5 Å². The van der Waals surface area contributed by atoms with Gasteiger partial charge in [-0.25, -0.2) is 9.78 Å². The van der Waals surface area contributed by atoms with Crippen molar-refractivity contribution in [3.63, 3.8) is 0 Å². The molecule has 1 aromatic heterocycles. The molecule has 1 fully saturated rings. The van der Waals surface area contributed by atoms with Gasteiger partial charge in [0.25, 0.3) is 11.8 Å². The van der Waals surface area contributed by atoms with Gasteiger partial charge in [-0.3, -0.25) is 9.59 Å². The van der Waals surface area contributed by atoms with E-state index < -0.39 is 24.0 Å². The fraction of sp³-hybridized carbons (Fsp3) is 0.250. The molecule has 2 heterocycles. The molecule has 3 N–H and O–H groups in total. The lowest BCUT2D eigenvalue weighted by Gasteiger charge is -2.20. The number of hydrogen-bond acceptors (Lipinski definition) is 4. The molecule has 0 radical (unpaired) electrons. The lowest BCUT2D eigenvalue weighted by atomic mass is 10.1. The van der Waals surface area contributed by atoms with Gasteiger partial charge >= 0.3 is 5.97 Å². The minimum absolute atomic E-state index is 0.0799. The number of rotatable bonds is 4. The largest absolute Gasteiger partial charge is 0.480 e. The van der Waals surface area contributed by atoms with Crippen molar-refractivity contribution in [2.75, 3.05) is 6.54 Å². The molecular weight excluding hydrogens is 312 g/mol. The number of aromatic nitrogens is 2. The number of benzene rings is 1. The molecule has 1 aliphatic heterocycles. The van der Waals surface area contributed by atoms with Gasteiger partial charge in [-0.2, -0.15) is 0 Å². The van der Waals surface area contributed by atoms with E-state index in [4.69, 9.17) is 0 Å². The van der Waals surface area contributed by atoms with Crippen LogP contribution in [-0.4, -0.2) is 56.4 Å². The molecule has 0 aliphatic carbocycles. The third-order valence-corrected chi connectivity index (χ3v) is 3.92. The van der Waals surface area contributed by atoms with E-state index in [2.05, 4.69) is 15.3 Å². The quantitative estimate of drug-likeness (QED) is 0.756. The van der Waals surface area contributed by atoms with Crippen LogP contribution in [0.3, 0.4) is 0 Å². The third-order valence-electron chi connectivity index (χ3n) is 3.92. The van der Waals surface area contributed by atoms with Crippen molar-refractivity contribution in [3.8, 4) is 0 Å². The zero-order chi connectivity index (χ0) is 17.1. The predicted octanol–water partition coefficient (Wildman–Crippen LogP) is 0.507. The Labute approximate surface area is 137 Å². The molecule has 2 amide bonds. The summed E-state index contributed by atoms with van der Waals surface area (Å²) in [5.74, 6) is -1.82. The minimum Gasteiger partial charge on any atom is -0.480 e. The second-order valence-electron chi connectivity index (χ2n) is 5.52. The van der Waals surface area contributed by atoms with E-state index in [-0.39, 0.29) is 24.7 Å². The molecule has 8 heteroatoms. The third kappa shape index (κ3) is 3.12. The lowest BCUT2D eigenvalue weighted by Crippen LogP contribution is -2.42. The van der Waals surface area contributed by atoms with Gasteiger partial charge in [0, 0.05) is 37.0 Å². The van der Waals surface area contributed by atoms with E-state index in [9.17, 15) is 19.5 Å². The number of likely N-dealkylation sites (tertiary alicyclic amines) is 1. The van der Waals surface area contributed by atoms with Crippen LogP contribution in [0.1, 0.15) is 27.4 Å². The Morgan fingerprint density at radius 3 is 2.62 bits per heavy atom. The second kappa shape index (κ2) is 6.53. The summed E-state index contributed by atoms with van der Waals surface area (Å²) < 4.78 is 0. The summed E-state index contributed by atoms with van der Waals surface area (Å²) in [6, 6.07) is 7.21. The van der Waals surface area contributed by atoms with Crippen LogP contribution in [0.15, 0.2) is 42.7 Å². The zero-order valence-electron chi connectivity index (χ0n) is 12.7. The molecule has 0 spiro atoms. The number of aromatic amines is 1. The first kappa shape index (κ1) is 15.7. The molecule has 8 nitrogen and oxygen atoms in total. The Morgan fingerprint density at radius 1 is 1.25 bits per heavy atom. The van der Waals surface area contributed by atoms with Gasteiger partial charge in [0.1, 0.15) is 6.04 Å². The van der Waals surface area contributed by atoms with Crippen molar-refractivity contribution in [1.82, 2.24) is 20.2 Å². The average molecular weight is 328 g/mol. The number of carboxylic acid groups (broad SMARTS) is 1. The highest BCUT2D eigenvalue weighted by atomic mass is 16.4. The molecule has 124 valence electrons. The van der Waals surface area contributed by atoms with Gasteiger partial charge in [-0.1, -0.05) is 18.2 Å². The first-order valence-electron chi connectivity index (χ1n) is 7.45. The number of imidazole rings is 1. The molecule has 1 aromatic carbocycles. The number of nitrogens with zero attached hydrogens (tertiary/aromatic N) is 2. The second-order valence-corrected chi connectivity index (χ2v) is 5.52. The number of H-pyrrole nitrogens is 1. The maximum atomic E-state index is 12.4. The van der Waals surface area contributed by atoms with Gasteiger partial charge in [-0.05, 0) is 12.1 Å². The van der Waals surface area contributed by atoms with E-state index >= 15 is 0 Å². The van der Waals surface area contributed by atoms with Crippen LogP contribution in [0, 0.1) is 0 Å². The van der Waals surface area contributed by atoms with Crippen molar-refractivity contribution in [3.05, 3.63) is 54.1 Å². The SMILES string of the molecule is O=C(N[C@@H]1C[C@@H](C(=O)O)N(C(=O)c2ncc[nH]2)C1)c1ccccc1. The van der Waals surface area contributed by atoms with Crippen molar-refractivity contribution >= 4 is 17.8 Å². The maximum Gasteiger partial charge on any atom is 0.326 e. The summed E-state index contributed by atoms with van der Waals surface area (Å²) >= 11 is 0. The standard InChI is InChI=1S/C16H16N4O4/c21-14(10-4-2-1-3-5-10)19-11-8-12(16(23)24)20(9-11)15(22)13-17-6-7-18-13/h1-7,11-12H,8-9H2,(H,17,18)(H,19,21)(H,23,24)/t11-,12+/m1/s1. The molecule has 3 rings (SSSR count). The summed E-state index contributed by atoms with van der Waals surface area (Å²) in [6.07, 6.45) is 3.07. The Morgan fingerprint density at radius 2 is 2.00 bits per heavy atom. The van der Waals surface area contributed by atoms with Gasteiger partial charge in [0.05, 0.1) is 0 Å². The van der Waals surface area contributed by atoms with E-state index in [0.29, 0.717) is 5.56 Å². The molecule has 0 unspecified atom stereocenters.